The lowest BCUT2D eigenvalue weighted by molar-refractivity contribution is -0.384. The van der Waals surface area contributed by atoms with Crippen LogP contribution in [0.15, 0.2) is 59.0 Å². The Balaban J connectivity index is 1.81. The topological polar surface area (TPSA) is 116 Å². The molecule has 1 fully saturated rings. The number of piperazine rings is 1. The zero-order valence-corrected chi connectivity index (χ0v) is 23.8. The number of nitrogens with zero attached hydrogens (tertiary/aromatic N) is 4. The maximum absolute atomic E-state index is 13.6. The third-order valence-corrected chi connectivity index (χ3v) is 7.43. The minimum atomic E-state index is -1.19. The summed E-state index contributed by atoms with van der Waals surface area (Å²) in [5, 5.41) is 21.6. The summed E-state index contributed by atoms with van der Waals surface area (Å²) in [4.78, 5) is 43.3. The number of hydrogen-bond acceptors (Lipinski definition) is 8. The number of carbonyl (C=O) groups is 2. The van der Waals surface area contributed by atoms with Gasteiger partial charge in [0.1, 0.15) is 0 Å². The molecule has 0 amide bonds. The van der Waals surface area contributed by atoms with Crippen LogP contribution in [0.4, 0.5) is 5.69 Å². The maximum atomic E-state index is 13.6. The fourth-order valence-corrected chi connectivity index (χ4v) is 5.35. The molecule has 1 saturated heterocycles. The van der Waals surface area contributed by atoms with E-state index in [0.29, 0.717) is 17.0 Å². The highest BCUT2D eigenvalue weighted by molar-refractivity contribution is 5.99. The first-order chi connectivity index (χ1) is 18.2. The predicted molar refractivity (Wildman–Crippen MR) is 149 cm³/mol. The quantitative estimate of drug-likeness (QED) is 0.203. The molecule has 2 aliphatic heterocycles. The zero-order valence-electron chi connectivity index (χ0n) is 23.8. The lowest BCUT2D eigenvalue weighted by atomic mass is 9.79. The second-order valence-corrected chi connectivity index (χ2v) is 11.4. The van der Waals surface area contributed by atoms with Crippen LogP contribution >= 0.6 is 0 Å². The van der Waals surface area contributed by atoms with Gasteiger partial charge in [0.05, 0.1) is 28.6 Å². The first-order valence-corrected chi connectivity index (χ1v) is 13.1. The highest BCUT2D eigenvalue weighted by atomic mass is 16.6. The molecule has 3 rings (SSSR count). The van der Waals surface area contributed by atoms with Crippen LogP contribution in [-0.4, -0.2) is 89.6 Å². The number of rotatable bonds is 10. The molecule has 0 bridgehead atoms. The van der Waals surface area contributed by atoms with Crippen molar-refractivity contribution in [2.45, 2.75) is 40.5 Å². The molecule has 212 valence electrons. The fraction of sp³-hybridized carbons (Fsp3) is 0.517. The van der Waals surface area contributed by atoms with E-state index in [4.69, 9.17) is 4.74 Å². The van der Waals surface area contributed by atoms with Gasteiger partial charge in [-0.25, -0.2) is 9.59 Å². The third kappa shape index (κ3) is 7.13. The number of hydrogen-bond donors (Lipinski definition) is 1. The highest BCUT2D eigenvalue weighted by Gasteiger charge is 2.40. The molecule has 39 heavy (non-hydrogen) atoms. The molecule has 1 aromatic carbocycles. The monoisotopic (exact) mass is 540 g/mol. The van der Waals surface area contributed by atoms with Crippen molar-refractivity contribution in [2.24, 2.45) is 5.41 Å². The Morgan fingerprint density at radius 2 is 1.72 bits per heavy atom. The van der Waals surface area contributed by atoms with Crippen molar-refractivity contribution in [1.82, 2.24) is 14.7 Å². The van der Waals surface area contributed by atoms with Gasteiger partial charge < -0.3 is 19.6 Å². The number of non-ortho nitro benzene ring substituents is 1. The second kappa shape index (κ2) is 12.1. The summed E-state index contributed by atoms with van der Waals surface area (Å²) in [7, 11) is 1.70. The van der Waals surface area contributed by atoms with E-state index in [9.17, 15) is 24.8 Å². The molecule has 10 nitrogen and oxygen atoms in total. The number of allylic oxidation sites excluding steroid dienone is 2. The first kappa shape index (κ1) is 30.0. The standard InChI is InChI=1S/C29H40N4O6/c1-19(2)16-31-11-13-32(14-12-31)17-29(5,6)18-39-28(36)25-21(4)30(7)20(3)24(27(34)35)26(25)22-9-8-10-23(15-22)33(37)38/h8-10,15,26H,1,11-14,16-18H2,2-7H3,(H,34,35). The molecule has 1 atom stereocenters. The Hall–Kier alpha value is -3.50. The Bertz CT molecular complexity index is 1210. The van der Waals surface area contributed by atoms with Gasteiger partial charge in [-0.3, -0.25) is 15.0 Å². The van der Waals surface area contributed by atoms with E-state index in [1.807, 2.05) is 20.8 Å². The van der Waals surface area contributed by atoms with Gasteiger partial charge in [-0.2, -0.15) is 0 Å². The van der Waals surface area contributed by atoms with E-state index in [1.165, 1.54) is 18.2 Å². The second-order valence-electron chi connectivity index (χ2n) is 11.4. The van der Waals surface area contributed by atoms with E-state index in [1.54, 1.807) is 31.9 Å². The van der Waals surface area contributed by atoms with Crippen LogP contribution in [0, 0.1) is 15.5 Å². The summed E-state index contributed by atoms with van der Waals surface area (Å²) in [5.74, 6) is -2.82. The van der Waals surface area contributed by atoms with Crippen molar-refractivity contribution in [3.05, 3.63) is 74.6 Å². The van der Waals surface area contributed by atoms with Crippen molar-refractivity contribution in [2.75, 3.05) is 52.9 Å². The molecule has 2 heterocycles. The molecular weight excluding hydrogens is 500 g/mol. The summed E-state index contributed by atoms with van der Waals surface area (Å²) >= 11 is 0. The van der Waals surface area contributed by atoms with E-state index in [2.05, 4.69) is 16.4 Å². The van der Waals surface area contributed by atoms with E-state index in [0.717, 1.165) is 44.8 Å². The molecule has 0 saturated carbocycles. The molecule has 0 radical (unpaired) electrons. The van der Waals surface area contributed by atoms with Crippen LogP contribution in [0.1, 0.15) is 46.1 Å². The maximum Gasteiger partial charge on any atom is 0.336 e. The molecule has 1 N–H and O–H groups in total. The van der Waals surface area contributed by atoms with Crippen LogP contribution in [0.5, 0.6) is 0 Å². The van der Waals surface area contributed by atoms with Gasteiger partial charge in [-0.1, -0.05) is 38.1 Å². The van der Waals surface area contributed by atoms with Crippen molar-refractivity contribution in [1.29, 1.82) is 0 Å². The highest BCUT2D eigenvalue weighted by Crippen LogP contribution is 2.42. The lowest BCUT2D eigenvalue weighted by Crippen LogP contribution is -2.50. The van der Waals surface area contributed by atoms with Gasteiger partial charge in [0.15, 0.2) is 0 Å². The van der Waals surface area contributed by atoms with Gasteiger partial charge in [0.25, 0.3) is 5.69 Å². The molecule has 0 aromatic heterocycles. The largest absolute Gasteiger partial charge is 0.478 e. The lowest BCUT2D eigenvalue weighted by Gasteiger charge is -2.39. The molecule has 0 aliphatic carbocycles. The van der Waals surface area contributed by atoms with Gasteiger partial charge in [-0.05, 0) is 26.3 Å². The number of carboxylic acid groups (broad SMARTS) is 1. The average molecular weight is 541 g/mol. The number of carboxylic acids is 1. The smallest absolute Gasteiger partial charge is 0.336 e. The summed E-state index contributed by atoms with van der Waals surface area (Å²) in [6.07, 6.45) is 0. The third-order valence-electron chi connectivity index (χ3n) is 7.43. The van der Waals surface area contributed by atoms with Crippen LogP contribution < -0.4 is 0 Å². The van der Waals surface area contributed by atoms with Crippen molar-refractivity contribution in [3.8, 4) is 0 Å². The summed E-state index contributed by atoms with van der Waals surface area (Å²) in [6.45, 7) is 19.0. The van der Waals surface area contributed by atoms with Crippen LogP contribution in [0.25, 0.3) is 0 Å². The van der Waals surface area contributed by atoms with E-state index in [-0.39, 0.29) is 28.9 Å². The molecular formula is C29H40N4O6. The Kier molecular flexibility index (Phi) is 9.34. The number of benzene rings is 1. The van der Waals surface area contributed by atoms with E-state index >= 15 is 0 Å². The number of nitro benzene ring substituents is 1. The Morgan fingerprint density at radius 3 is 2.28 bits per heavy atom. The fourth-order valence-electron chi connectivity index (χ4n) is 5.35. The number of esters is 1. The molecule has 10 heteroatoms. The summed E-state index contributed by atoms with van der Waals surface area (Å²) < 4.78 is 5.85. The van der Waals surface area contributed by atoms with Crippen LogP contribution in [0.3, 0.4) is 0 Å². The minimum Gasteiger partial charge on any atom is -0.478 e. The molecule has 1 unspecified atom stereocenters. The summed E-state index contributed by atoms with van der Waals surface area (Å²) in [6, 6.07) is 5.77. The summed E-state index contributed by atoms with van der Waals surface area (Å²) in [5.41, 5.74) is 2.14. The zero-order chi connectivity index (χ0) is 29.1. The van der Waals surface area contributed by atoms with Gasteiger partial charge in [0.2, 0.25) is 0 Å². The first-order valence-electron chi connectivity index (χ1n) is 13.1. The number of ether oxygens (including phenoxy) is 1. The van der Waals surface area contributed by atoms with Gasteiger partial charge in [-0.15, -0.1) is 0 Å². The number of carbonyl (C=O) groups excluding carboxylic acids is 1. The molecule has 1 aromatic rings. The van der Waals surface area contributed by atoms with Gasteiger partial charge in [0, 0.05) is 75.3 Å². The van der Waals surface area contributed by atoms with Crippen LogP contribution in [-0.2, 0) is 14.3 Å². The number of aliphatic carboxylic acids is 1. The molecule has 2 aliphatic rings. The SMILES string of the molecule is C=C(C)CN1CCN(CC(C)(C)COC(=O)C2=C(C)N(C)C(C)=C(C(=O)O)C2c2cccc([N+](=O)[O-])c2)CC1. The Labute approximate surface area is 230 Å². The van der Waals surface area contributed by atoms with Crippen molar-refractivity contribution in [3.63, 3.8) is 0 Å². The number of nitro groups is 1. The minimum absolute atomic E-state index is 0.0116. The van der Waals surface area contributed by atoms with Gasteiger partial charge >= 0.3 is 11.9 Å². The van der Waals surface area contributed by atoms with Crippen molar-refractivity contribution < 1.29 is 24.4 Å². The average Bonchev–Trinajstić information content (AvgIpc) is 2.86. The van der Waals surface area contributed by atoms with Crippen LogP contribution in [0.2, 0.25) is 0 Å². The normalized spacial score (nSPS) is 19.3. The predicted octanol–water partition coefficient (Wildman–Crippen LogP) is 4.02. The Morgan fingerprint density at radius 1 is 1.13 bits per heavy atom. The van der Waals surface area contributed by atoms with E-state index < -0.39 is 22.8 Å². The van der Waals surface area contributed by atoms with Crippen molar-refractivity contribution >= 4 is 17.6 Å². The molecule has 0 spiro atoms.